The normalized spacial score (nSPS) is 11.5. The fraction of sp³-hybridized carbons (Fsp3) is 0.417. The van der Waals surface area contributed by atoms with Gasteiger partial charge in [-0.05, 0) is 19.1 Å². The van der Waals surface area contributed by atoms with E-state index < -0.39 is 0 Å². The summed E-state index contributed by atoms with van der Waals surface area (Å²) in [4.78, 5) is 12.0. The lowest BCUT2D eigenvalue weighted by Crippen LogP contribution is -2.20. The molecule has 1 aromatic carbocycles. The van der Waals surface area contributed by atoms with E-state index in [0.717, 1.165) is 15.6 Å². The van der Waals surface area contributed by atoms with Crippen molar-refractivity contribution in [3.63, 3.8) is 0 Å². The first-order valence-electron chi connectivity index (χ1n) is 4.63. The number of carbonyl (C=O) groups is 1. The zero-order valence-electron chi connectivity index (χ0n) is 9.02. The van der Waals surface area contributed by atoms with Crippen LogP contribution in [0.2, 0.25) is 0 Å². The molecule has 2 heteroatoms. The molecule has 0 amide bonds. The highest BCUT2D eigenvalue weighted by Crippen LogP contribution is 2.26. The molecule has 0 unspecified atom stereocenters. The maximum absolute atomic E-state index is 12.0. The highest BCUT2D eigenvalue weighted by molar-refractivity contribution is 9.10. The second kappa shape index (κ2) is 3.85. The Morgan fingerprint density at radius 1 is 1.29 bits per heavy atom. The number of hydrogen-bond acceptors (Lipinski definition) is 1. The molecular weight excluding hydrogens is 240 g/mol. The van der Waals surface area contributed by atoms with Crippen molar-refractivity contribution in [2.45, 2.75) is 27.7 Å². The Labute approximate surface area is 93.7 Å². The van der Waals surface area contributed by atoms with Crippen LogP contribution in [0, 0.1) is 12.3 Å². The molecule has 0 spiro atoms. The SMILES string of the molecule is Cc1ccc(Br)c(C(=O)C(C)(C)C)c1. The van der Waals surface area contributed by atoms with E-state index in [-0.39, 0.29) is 11.2 Å². The summed E-state index contributed by atoms with van der Waals surface area (Å²) in [6.45, 7) is 7.80. The van der Waals surface area contributed by atoms with Crippen LogP contribution in [-0.2, 0) is 0 Å². The molecule has 0 aliphatic carbocycles. The molecule has 1 rings (SSSR count). The van der Waals surface area contributed by atoms with Gasteiger partial charge >= 0.3 is 0 Å². The van der Waals surface area contributed by atoms with E-state index in [9.17, 15) is 4.79 Å². The first-order valence-corrected chi connectivity index (χ1v) is 5.42. The van der Waals surface area contributed by atoms with E-state index in [1.165, 1.54) is 0 Å². The summed E-state index contributed by atoms with van der Waals surface area (Å²) in [5, 5.41) is 0. The summed E-state index contributed by atoms with van der Waals surface area (Å²) < 4.78 is 0.878. The van der Waals surface area contributed by atoms with Gasteiger partial charge in [-0.1, -0.05) is 48.3 Å². The summed E-state index contributed by atoms with van der Waals surface area (Å²) in [7, 11) is 0. The zero-order chi connectivity index (χ0) is 10.9. The lowest BCUT2D eigenvalue weighted by Gasteiger charge is -2.17. The van der Waals surface area contributed by atoms with Gasteiger partial charge in [0.15, 0.2) is 5.78 Å². The molecule has 0 heterocycles. The monoisotopic (exact) mass is 254 g/mol. The third-order valence-corrected chi connectivity index (χ3v) is 2.74. The van der Waals surface area contributed by atoms with Gasteiger partial charge in [-0.15, -0.1) is 0 Å². The molecule has 0 atom stereocenters. The summed E-state index contributed by atoms with van der Waals surface area (Å²) in [5.41, 5.74) is 1.56. The molecule has 1 aromatic rings. The molecule has 0 saturated carbocycles. The molecular formula is C12H15BrO. The highest BCUT2D eigenvalue weighted by Gasteiger charge is 2.24. The van der Waals surface area contributed by atoms with E-state index in [2.05, 4.69) is 15.9 Å². The maximum atomic E-state index is 12.0. The third-order valence-electron chi connectivity index (χ3n) is 2.05. The molecule has 0 fully saturated rings. The van der Waals surface area contributed by atoms with Crippen molar-refractivity contribution in [3.05, 3.63) is 33.8 Å². The molecule has 14 heavy (non-hydrogen) atoms. The molecule has 76 valence electrons. The lowest BCUT2D eigenvalue weighted by molar-refractivity contribution is 0.0857. The molecule has 0 aliphatic rings. The molecule has 0 N–H and O–H groups in total. The fourth-order valence-electron chi connectivity index (χ4n) is 1.22. The Bertz CT molecular complexity index is 361. The van der Waals surface area contributed by atoms with Crippen LogP contribution in [0.3, 0.4) is 0 Å². The van der Waals surface area contributed by atoms with Crippen molar-refractivity contribution in [2.24, 2.45) is 5.41 Å². The van der Waals surface area contributed by atoms with Gasteiger partial charge in [-0.25, -0.2) is 0 Å². The number of halogens is 1. The zero-order valence-corrected chi connectivity index (χ0v) is 10.6. The fourth-order valence-corrected chi connectivity index (χ4v) is 1.64. The Morgan fingerprint density at radius 2 is 1.86 bits per heavy atom. The average molecular weight is 255 g/mol. The minimum atomic E-state index is -0.323. The van der Waals surface area contributed by atoms with Crippen molar-refractivity contribution in [2.75, 3.05) is 0 Å². The average Bonchev–Trinajstić information content (AvgIpc) is 2.06. The second-order valence-corrected chi connectivity index (χ2v) is 5.42. The molecule has 0 bridgehead atoms. The summed E-state index contributed by atoms with van der Waals surface area (Å²) in [6.07, 6.45) is 0. The van der Waals surface area contributed by atoms with Crippen LogP contribution in [0.4, 0.5) is 0 Å². The largest absolute Gasteiger partial charge is 0.294 e. The van der Waals surface area contributed by atoms with Gasteiger partial charge in [0.1, 0.15) is 0 Å². The van der Waals surface area contributed by atoms with E-state index in [1.54, 1.807) is 0 Å². The first kappa shape index (κ1) is 11.4. The van der Waals surface area contributed by atoms with Gasteiger partial charge in [0, 0.05) is 15.5 Å². The predicted molar refractivity (Wildman–Crippen MR) is 62.7 cm³/mol. The number of Topliss-reactive ketones (excluding diaryl/α,β-unsaturated/α-hetero) is 1. The van der Waals surface area contributed by atoms with Crippen molar-refractivity contribution >= 4 is 21.7 Å². The summed E-state index contributed by atoms with van der Waals surface area (Å²) in [6, 6.07) is 5.84. The van der Waals surface area contributed by atoms with Gasteiger partial charge in [-0.3, -0.25) is 4.79 Å². The number of rotatable bonds is 1. The van der Waals surface area contributed by atoms with Crippen molar-refractivity contribution in [1.82, 2.24) is 0 Å². The van der Waals surface area contributed by atoms with Crippen LogP contribution < -0.4 is 0 Å². The molecule has 0 aliphatic heterocycles. The minimum Gasteiger partial charge on any atom is -0.294 e. The Morgan fingerprint density at radius 3 is 2.36 bits per heavy atom. The van der Waals surface area contributed by atoms with Crippen molar-refractivity contribution < 1.29 is 4.79 Å². The Balaban J connectivity index is 3.19. The van der Waals surface area contributed by atoms with E-state index in [1.807, 2.05) is 45.9 Å². The second-order valence-electron chi connectivity index (χ2n) is 4.56. The van der Waals surface area contributed by atoms with Crippen molar-refractivity contribution in [3.8, 4) is 0 Å². The van der Waals surface area contributed by atoms with Crippen LogP contribution >= 0.6 is 15.9 Å². The standard InChI is InChI=1S/C12H15BrO/c1-8-5-6-10(13)9(7-8)11(14)12(2,3)4/h5-7H,1-4H3. The van der Waals surface area contributed by atoms with Crippen LogP contribution in [0.5, 0.6) is 0 Å². The van der Waals surface area contributed by atoms with Crippen LogP contribution in [0.1, 0.15) is 36.7 Å². The number of benzene rings is 1. The van der Waals surface area contributed by atoms with E-state index in [4.69, 9.17) is 0 Å². The van der Waals surface area contributed by atoms with Gasteiger partial charge in [0.25, 0.3) is 0 Å². The van der Waals surface area contributed by atoms with E-state index >= 15 is 0 Å². The number of ketones is 1. The smallest absolute Gasteiger partial charge is 0.169 e. The highest BCUT2D eigenvalue weighted by atomic mass is 79.9. The first-order chi connectivity index (χ1) is 6.32. The number of hydrogen-bond donors (Lipinski definition) is 0. The van der Waals surface area contributed by atoms with Crippen molar-refractivity contribution in [1.29, 1.82) is 0 Å². The van der Waals surface area contributed by atoms with Gasteiger partial charge < -0.3 is 0 Å². The van der Waals surface area contributed by atoms with Crippen LogP contribution in [-0.4, -0.2) is 5.78 Å². The predicted octanol–water partition coefficient (Wildman–Crippen LogP) is 3.99. The van der Waals surface area contributed by atoms with E-state index in [0.29, 0.717) is 0 Å². The van der Waals surface area contributed by atoms with Crippen LogP contribution in [0.25, 0.3) is 0 Å². The summed E-state index contributed by atoms with van der Waals surface area (Å²) in [5.74, 6) is 0.174. The van der Waals surface area contributed by atoms with Gasteiger partial charge in [0.2, 0.25) is 0 Å². The Kier molecular flexibility index (Phi) is 3.15. The maximum Gasteiger partial charge on any atom is 0.169 e. The number of aryl methyl sites for hydroxylation is 1. The molecule has 0 saturated heterocycles. The third kappa shape index (κ3) is 2.44. The Hall–Kier alpha value is -0.630. The van der Waals surface area contributed by atoms with Crippen LogP contribution in [0.15, 0.2) is 22.7 Å². The number of carbonyl (C=O) groups excluding carboxylic acids is 1. The molecule has 0 radical (unpaired) electrons. The van der Waals surface area contributed by atoms with Gasteiger partial charge in [0.05, 0.1) is 0 Å². The molecule has 0 aromatic heterocycles. The molecule has 1 nitrogen and oxygen atoms in total. The lowest BCUT2D eigenvalue weighted by atomic mass is 9.86. The topological polar surface area (TPSA) is 17.1 Å². The summed E-state index contributed by atoms with van der Waals surface area (Å²) >= 11 is 3.40. The van der Waals surface area contributed by atoms with Gasteiger partial charge in [-0.2, -0.15) is 0 Å². The quantitative estimate of drug-likeness (QED) is 0.693. The minimum absolute atomic E-state index is 0.174.